The summed E-state index contributed by atoms with van der Waals surface area (Å²) in [6, 6.07) is 4.35. The number of benzene rings is 1. The third-order valence-electron chi connectivity index (χ3n) is 2.09. The van der Waals surface area contributed by atoms with Crippen LogP contribution < -0.4 is 10.2 Å². The van der Waals surface area contributed by atoms with Crippen LogP contribution in [0.4, 0.5) is 0 Å². The van der Waals surface area contributed by atoms with Gasteiger partial charge in [-0.1, -0.05) is 6.58 Å². The topological polar surface area (TPSA) is 56.5 Å². The summed E-state index contributed by atoms with van der Waals surface area (Å²) in [7, 11) is 0. The van der Waals surface area contributed by atoms with Gasteiger partial charge in [0.2, 0.25) is 0 Å². The third-order valence-corrected chi connectivity index (χ3v) is 2.71. The Kier molecular flexibility index (Phi) is 3.10. The van der Waals surface area contributed by atoms with Crippen molar-refractivity contribution >= 4 is 32.9 Å². The third kappa shape index (κ3) is 2.29. The lowest BCUT2D eigenvalue weighted by atomic mass is 10.2. The fraction of sp³-hybridized carbons (Fsp3) is 0. The molecule has 1 aromatic heterocycles. The largest absolute Gasteiger partial charge is 0.464 e. The fourth-order valence-corrected chi connectivity index (χ4v) is 1.74. The lowest BCUT2D eigenvalue weighted by Crippen LogP contribution is -2.04. The van der Waals surface area contributed by atoms with Gasteiger partial charge in [0.05, 0.1) is 16.1 Å². The van der Waals surface area contributed by atoms with Crippen molar-refractivity contribution in [3.63, 3.8) is 0 Å². The van der Waals surface area contributed by atoms with E-state index in [0.717, 1.165) is 6.08 Å². The van der Waals surface area contributed by atoms with Crippen LogP contribution in [-0.4, -0.2) is 5.97 Å². The molecule has 0 N–H and O–H groups in total. The minimum absolute atomic E-state index is 0.159. The molecule has 0 bridgehead atoms. The van der Waals surface area contributed by atoms with Crippen molar-refractivity contribution in [2.24, 2.45) is 0 Å². The summed E-state index contributed by atoms with van der Waals surface area (Å²) in [5.41, 5.74) is 0.195. The first kappa shape index (κ1) is 11.6. The molecule has 0 amide bonds. The van der Waals surface area contributed by atoms with E-state index in [1.54, 1.807) is 6.07 Å². The molecule has 0 radical (unpaired) electrons. The minimum atomic E-state index is -0.580. The summed E-state index contributed by atoms with van der Waals surface area (Å²) in [6.07, 6.45) is 2.34. The highest BCUT2D eigenvalue weighted by Crippen LogP contribution is 2.29. The Hall–Kier alpha value is -1.88. The van der Waals surface area contributed by atoms with Crippen molar-refractivity contribution in [3.8, 4) is 5.75 Å². The van der Waals surface area contributed by atoms with E-state index in [2.05, 4.69) is 22.5 Å². The maximum Gasteiger partial charge on any atom is 0.335 e. The molecule has 0 aliphatic heterocycles. The minimum Gasteiger partial charge on any atom is -0.464 e. The second-order valence-corrected chi connectivity index (χ2v) is 4.04. The highest BCUT2D eigenvalue weighted by atomic mass is 79.9. The first-order valence-electron chi connectivity index (χ1n) is 4.67. The van der Waals surface area contributed by atoms with Gasteiger partial charge in [0.15, 0.2) is 5.43 Å². The van der Waals surface area contributed by atoms with E-state index in [-0.39, 0.29) is 11.2 Å². The van der Waals surface area contributed by atoms with E-state index < -0.39 is 5.97 Å². The monoisotopic (exact) mass is 294 g/mol. The summed E-state index contributed by atoms with van der Waals surface area (Å²) < 4.78 is 10.6. The predicted molar refractivity (Wildman–Crippen MR) is 66.0 cm³/mol. The Labute approximate surface area is 105 Å². The first-order valence-corrected chi connectivity index (χ1v) is 5.46. The predicted octanol–water partition coefficient (Wildman–Crippen LogP) is 2.65. The van der Waals surface area contributed by atoms with Gasteiger partial charge in [0.1, 0.15) is 11.3 Å². The fourth-order valence-electron chi connectivity index (χ4n) is 1.31. The number of carbonyl (C=O) groups excluding carboxylic acids is 1. The molecule has 2 aromatic rings. The second kappa shape index (κ2) is 4.55. The number of halogens is 1. The van der Waals surface area contributed by atoms with E-state index in [9.17, 15) is 9.59 Å². The number of ether oxygens (including phenoxy) is 1. The SMILES string of the molecule is C=CC(=O)Oc1cc2occc(=O)c2cc1Br. The molecule has 0 aliphatic carbocycles. The smallest absolute Gasteiger partial charge is 0.335 e. The summed E-state index contributed by atoms with van der Waals surface area (Å²) in [6.45, 7) is 3.30. The molecular weight excluding hydrogens is 288 g/mol. The number of fused-ring (bicyclic) bond motifs is 1. The van der Waals surface area contributed by atoms with Gasteiger partial charge in [-0.3, -0.25) is 4.79 Å². The molecule has 1 aromatic carbocycles. The van der Waals surface area contributed by atoms with Crippen LogP contribution >= 0.6 is 15.9 Å². The van der Waals surface area contributed by atoms with Gasteiger partial charge in [-0.25, -0.2) is 4.79 Å². The summed E-state index contributed by atoms with van der Waals surface area (Å²) in [4.78, 5) is 22.6. The Balaban J connectivity index is 2.60. The molecule has 0 unspecified atom stereocenters. The van der Waals surface area contributed by atoms with Crippen molar-refractivity contribution in [2.75, 3.05) is 0 Å². The molecule has 0 fully saturated rings. The molecule has 0 spiro atoms. The van der Waals surface area contributed by atoms with E-state index in [1.165, 1.54) is 18.4 Å². The van der Waals surface area contributed by atoms with Gasteiger partial charge in [-0.05, 0) is 22.0 Å². The summed E-state index contributed by atoms with van der Waals surface area (Å²) in [5, 5.41) is 0.415. The zero-order valence-electron chi connectivity index (χ0n) is 8.60. The van der Waals surface area contributed by atoms with Crippen molar-refractivity contribution in [1.82, 2.24) is 0 Å². The Morgan fingerprint density at radius 2 is 2.24 bits per heavy atom. The normalized spacial score (nSPS) is 10.2. The number of hydrogen-bond acceptors (Lipinski definition) is 4. The molecular formula is C12H7BrO4. The van der Waals surface area contributed by atoms with Gasteiger partial charge in [-0.15, -0.1) is 0 Å². The van der Waals surface area contributed by atoms with Crippen molar-refractivity contribution in [2.45, 2.75) is 0 Å². The molecule has 5 heteroatoms. The number of hydrogen-bond donors (Lipinski definition) is 0. The zero-order valence-corrected chi connectivity index (χ0v) is 10.2. The zero-order chi connectivity index (χ0) is 12.4. The number of rotatable bonds is 2. The summed E-state index contributed by atoms with van der Waals surface area (Å²) >= 11 is 3.22. The van der Waals surface area contributed by atoms with Gasteiger partial charge >= 0.3 is 5.97 Å². The van der Waals surface area contributed by atoms with E-state index in [1.807, 2.05) is 0 Å². The van der Waals surface area contributed by atoms with Crippen LogP contribution in [0.5, 0.6) is 5.75 Å². The van der Waals surface area contributed by atoms with Gasteiger partial charge in [0, 0.05) is 18.2 Å². The van der Waals surface area contributed by atoms with Crippen molar-refractivity contribution < 1.29 is 13.9 Å². The van der Waals surface area contributed by atoms with Gasteiger partial charge < -0.3 is 9.15 Å². The molecule has 17 heavy (non-hydrogen) atoms. The molecule has 86 valence electrons. The van der Waals surface area contributed by atoms with Crippen LogP contribution in [0, 0.1) is 0 Å². The Morgan fingerprint density at radius 3 is 2.94 bits per heavy atom. The van der Waals surface area contributed by atoms with Crippen LogP contribution in [0.3, 0.4) is 0 Å². The Morgan fingerprint density at radius 1 is 1.47 bits per heavy atom. The van der Waals surface area contributed by atoms with E-state index in [4.69, 9.17) is 9.15 Å². The first-order chi connectivity index (χ1) is 8.11. The molecule has 0 atom stereocenters. The molecule has 4 nitrogen and oxygen atoms in total. The highest BCUT2D eigenvalue weighted by Gasteiger charge is 2.09. The van der Waals surface area contributed by atoms with Crippen LogP contribution in [0.15, 0.2) is 50.8 Å². The maximum atomic E-state index is 11.5. The standard InChI is InChI=1S/C12H7BrO4/c1-2-12(15)17-11-6-10-7(5-8(11)13)9(14)3-4-16-10/h2-6H,1H2. The quantitative estimate of drug-likeness (QED) is 0.485. The molecule has 0 saturated carbocycles. The number of carbonyl (C=O) groups is 1. The highest BCUT2D eigenvalue weighted by molar-refractivity contribution is 9.10. The van der Waals surface area contributed by atoms with Crippen molar-refractivity contribution in [1.29, 1.82) is 0 Å². The van der Waals surface area contributed by atoms with E-state index >= 15 is 0 Å². The maximum absolute atomic E-state index is 11.5. The molecule has 2 rings (SSSR count). The lowest BCUT2D eigenvalue weighted by molar-refractivity contribution is -0.129. The molecule has 0 saturated heterocycles. The molecule has 1 heterocycles. The van der Waals surface area contributed by atoms with Crippen LogP contribution in [-0.2, 0) is 4.79 Å². The average Bonchev–Trinajstić information content (AvgIpc) is 2.31. The lowest BCUT2D eigenvalue weighted by Gasteiger charge is -2.05. The number of esters is 1. The Bertz CT molecular complexity index is 657. The van der Waals surface area contributed by atoms with Crippen LogP contribution in [0.25, 0.3) is 11.0 Å². The second-order valence-electron chi connectivity index (χ2n) is 3.19. The van der Waals surface area contributed by atoms with Gasteiger partial charge in [0.25, 0.3) is 0 Å². The summed E-state index contributed by atoms with van der Waals surface area (Å²) in [5.74, 6) is -0.305. The van der Waals surface area contributed by atoms with Crippen LogP contribution in [0.2, 0.25) is 0 Å². The average molecular weight is 295 g/mol. The molecule has 0 aliphatic rings. The van der Waals surface area contributed by atoms with Gasteiger partial charge in [-0.2, -0.15) is 0 Å². The van der Waals surface area contributed by atoms with Crippen LogP contribution in [0.1, 0.15) is 0 Å². The van der Waals surface area contributed by atoms with E-state index in [0.29, 0.717) is 15.4 Å². The van der Waals surface area contributed by atoms with Crippen molar-refractivity contribution in [3.05, 3.63) is 51.8 Å².